The van der Waals surface area contributed by atoms with Gasteiger partial charge in [0.2, 0.25) is 0 Å². The Hall–Kier alpha value is -2.42. The zero-order valence-electron chi connectivity index (χ0n) is 28.7. The molecule has 7 atom stereocenters. The second kappa shape index (κ2) is 15.2. The zero-order chi connectivity index (χ0) is 34.7. The smallest absolute Gasteiger partial charge is 0.323 e. The largest absolute Gasteiger partial charge is 0.465 e. The number of anilines is 1. The average Bonchev–Trinajstić information content (AvgIpc) is 3.36. The van der Waals surface area contributed by atoms with Crippen molar-refractivity contribution in [3.8, 4) is 0 Å². The third kappa shape index (κ3) is 7.09. The molecular weight excluding hydrogens is 651 g/mol. The Morgan fingerprint density at radius 1 is 0.979 bits per heavy atom. The fraction of sp³-hybridized carbons (Fsp3) is 0.684. The first-order chi connectivity index (χ1) is 22.9. The number of carbonyl (C=O) groups is 4. The first-order valence-corrected chi connectivity index (χ1v) is 18.8. The Morgan fingerprint density at radius 3 is 2.33 bits per heavy atom. The molecular formula is C38H52Cl2N2O6. The second-order valence-electron chi connectivity index (χ2n) is 14.9. The molecule has 0 heterocycles. The van der Waals surface area contributed by atoms with Crippen LogP contribution in [0.5, 0.6) is 0 Å². The van der Waals surface area contributed by atoms with Crippen LogP contribution in [0.3, 0.4) is 0 Å². The van der Waals surface area contributed by atoms with Crippen LogP contribution in [0.25, 0.3) is 0 Å². The van der Waals surface area contributed by atoms with Crippen molar-refractivity contribution < 1.29 is 28.7 Å². The van der Waals surface area contributed by atoms with Gasteiger partial charge >= 0.3 is 11.9 Å². The van der Waals surface area contributed by atoms with E-state index in [1.165, 1.54) is 5.57 Å². The molecule has 264 valence electrons. The van der Waals surface area contributed by atoms with Crippen molar-refractivity contribution in [2.24, 2.45) is 34.3 Å². The number of nitrogens with zero attached hydrogens (tertiary/aromatic N) is 1. The van der Waals surface area contributed by atoms with E-state index in [-0.39, 0.29) is 42.3 Å². The van der Waals surface area contributed by atoms with Crippen LogP contribution in [0.2, 0.25) is 0 Å². The van der Waals surface area contributed by atoms with Gasteiger partial charge in [0.1, 0.15) is 6.04 Å². The number of alkyl halides is 2. The number of nitrogens with two attached hydrogens (primary N) is 1. The summed E-state index contributed by atoms with van der Waals surface area (Å²) in [4.78, 5) is 53.6. The fourth-order valence-corrected chi connectivity index (χ4v) is 10.3. The summed E-state index contributed by atoms with van der Waals surface area (Å²) in [6.07, 6.45) is 9.21. The van der Waals surface area contributed by atoms with Gasteiger partial charge in [-0.2, -0.15) is 0 Å². The highest BCUT2D eigenvalue weighted by molar-refractivity contribution is 6.18. The first-order valence-electron chi connectivity index (χ1n) is 17.7. The predicted molar refractivity (Wildman–Crippen MR) is 188 cm³/mol. The molecule has 5 rings (SSSR count). The van der Waals surface area contributed by atoms with Gasteiger partial charge in [-0.1, -0.05) is 31.6 Å². The van der Waals surface area contributed by atoms with Gasteiger partial charge < -0.3 is 20.1 Å². The summed E-state index contributed by atoms with van der Waals surface area (Å²) in [5.41, 5.74) is 7.84. The molecule has 0 radical (unpaired) electrons. The number of hydrogen-bond donors (Lipinski definition) is 1. The summed E-state index contributed by atoms with van der Waals surface area (Å²) in [6, 6.07) is 6.96. The van der Waals surface area contributed by atoms with Gasteiger partial charge in [-0.25, -0.2) is 0 Å². The normalized spacial score (nSPS) is 31.5. The Labute approximate surface area is 295 Å². The van der Waals surface area contributed by atoms with E-state index in [4.69, 9.17) is 38.4 Å². The number of benzene rings is 1. The molecule has 0 aliphatic heterocycles. The van der Waals surface area contributed by atoms with Crippen molar-refractivity contribution in [2.45, 2.75) is 103 Å². The molecule has 1 aromatic rings. The van der Waals surface area contributed by atoms with Crippen LogP contribution in [0.1, 0.15) is 90.5 Å². The van der Waals surface area contributed by atoms with Gasteiger partial charge in [-0.15, -0.1) is 23.2 Å². The van der Waals surface area contributed by atoms with Crippen LogP contribution >= 0.6 is 23.2 Å². The number of esters is 2. The molecule has 0 spiro atoms. The molecule has 0 bridgehead atoms. The molecule has 4 aliphatic rings. The zero-order valence-corrected chi connectivity index (χ0v) is 30.3. The van der Waals surface area contributed by atoms with E-state index in [0.29, 0.717) is 55.9 Å². The highest BCUT2D eigenvalue weighted by Crippen LogP contribution is 2.68. The van der Waals surface area contributed by atoms with E-state index in [1.54, 1.807) is 6.92 Å². The summed E-state index contributed by atoms with van der Waals surface area (Å²) in [6.45, 7) is 7.49. The molecule has 3 saturated carbocycles. The van der Waals surface area contributed by atoms with E-state index >= 15 is 0 Å². The lowest BCUT2D eigenvalue weighted by atomic mass is 9.46. The number of rotatable bonds is 14. The monoisotopic (exact) mass is 702 g/mol. The molecule has 1 aromatic carbocycles. The van der Waals surface area contributed by atoms with Crippen LogP contribution in [-0.4, -0.2) is 66.6 Å². The number of Topliss-reactive ketones (excluding diaryl/α,β-unsaturated/α-hetero) is 1. The van der Waals surface area contributed by atoms with Gasteiger partial charge in [0.15, 0.2) is 17.2 Å². The standard InChI is InChI=1S/C38H52Cl2N2O6/c1-25(43)38(17-14-32-30-11-8-27-24-29(44)12-15-36(27,2)31(30)13-16-37(32,38)3)48-34(45)5-4-22-47-35(46)33(41)23-26-6-9-28(10-7-26)42(20-18-39)21-19-40/h6-7,9-10,24,30-33H,4-5,8,11-23,41H2,1-3H3/t30-,31+,32+,33+,36+,37+,38+/m1/s1. The Kier molecular flexibility index (Phi) is 11.7. The van der Waals surface area contributed by atoms with Gasteiger partial charge in [-0.05, 0) is 112 Å². The number of halogens is 2. The summed E-state index contributed by atoms with van der Waals surface area (Å²) in [5, 5.41) is 0. The number of ketones is 2. The van der Waals surface area contributed by atoms with Crippen molar-refractivity contribution in [3.05, 3.63) is 41.5 Å². The van der Waals surface area contributed by atoms with Crippen LogP contribution < -0.4 is 10.6 Å². The molecule has 0 aromatic heterocycles. The Morgan fingerprint density at radius 2 is 1.67 bits per heavy atom. The van der Waals surface area contributed by atoms with Crippen molar-refractivity contribution >= 4 is 52.4 Å². The molecule has 4 aliphatic carbocycles. The maximum atomic E-state index is 13.4. The first kappa shape index (κ1) is 36.9. The molecule has 0 unspecified atom stereocenters. The minimum atomic E-state index is -1.14. The molecule has 3 fully saturated rings. The number of hydrogen-bond acceptors (Lipinski definition) is 8. The van der Waals surface area contributed by atoms with Crippen molar-refractivity contribution in [2.75, 3.05) is 36.4 Å². The van der Waals surface area contributed by atoms with Crippen LogP contribution in [-0.2, 0) is 35.1 Å². The minimum Gasteiger partial charge on any atom is -0.465 e. The second-order valence-corrected chi connectivity index (χ2v) is 15.7. The number of fused-ring (bicyclic) bond motifs is 5. The fourth-order valence-electron chi connectivity index (χ4n) is 9.87. The average molecular weight is 704 g/mol. The maximum Gasteiger partial charge on any atom is 0.323 e. The molecule has 8 nitrogen and oxygen atoms in total. The van der Waals surface area contributed by atoms with Crippen molar-refractivity contribution in [3.63, 3.8) is 0 Å². The van der Waals surface area contributed by atoms with Crippen LogP contribution in [0.4, 0.5) is 5.69 Å². The predicted octanol–water partition coefficient (Wildman–Crippen LogP) is 6.57. The molecule has 0 amide bonds. The van der Waals surface area contributed by atoms with Gasteiger partial charge in [0, 0.05) is 48.8 Å². The summed E-state index contributed by atoms with van der Waals surface area (Å²) in [7, 11) is 0. The highest BCUT2D eigenvalue weighted by Gasteiger charge is 2.67. The lowest BCUT2D eigenvalue weighted by Crippen LogP contribution is -2.58. The number of carbonyl (C=O) groups excluding carboxylic acids is 4. The number of allylic oxidation sites excluding steroid dienone is 1. The lowest BCUT2D eigenvalue weighted by molar-refractivity contribution is -0.189. The van der Waals surface area contributed by atoms with Gasteiger partial charge in [-0.3, -0.25) is 19.2 Å². The Balaban J connectivity index is 1.12. The summed E-state index contributed by atoms with van der Waals surface area (Å²) in [5.74, 6) is 1.42. The Bertz CT molecular complexity index is 1390. The quantitative estimate of drug-likeness (QED) is 0.132. The molecule has 48 heavy (non-hydrogen) atoms. The third-order valence-corrected chi connectivity index (χ3v) is 12.8. The maximum absolute atomic E-state index is 13.4. The molecule has 2 N–H and O–H groups in total. The molecule has 0 saturated heterocycles. The topological polar surface area (TPSA) is 116 Å². The number of ether oxygens (including phenoxy) is 2. The molecule has 10 heteroatoms. The van der Waals surface area contributed by atoms with Gasteiger partial charge in [0.25, 0.3) is 0 Å². The van der Waals surface area contributed by atoms with E-state index in [9.17, 15) is 19.2 Å². The van der Waals surface area contributed by atoms with Crippen LogP contribution in [0, 0.1) is 28.6 Å². The highest BCUT2D eigenvalue weighted by atomic mass is 35.5. The van der Waals surface area contributed by atoms with E-state index in [0.717, 1.165) is 49.8 Å². The van der Waals surface area contributed by atoms with Gasteiger partial charge in [0.05, 0.1) is 6.61 Å². The van der Waals surface area contributed by atoms with E-state index in [1.807, 2.05) is 30.3 Å². The summed E-state index contributed by atoms with van der Waals surface area (Å²) >= 11 is 11.8. The minimum absolute atomic E-state index is 0.0390. The van der Waals surface area contributed by atoms with E-state index < -0.39 is 29.0 Å². The van der Waals surface area contributed by atoms with E-state index in [2.05, 4.69) is 18.7 Å². The lowest BCUT2D eigenvalue weighted by Gasteiger charge is -2.59. The SMILES string of the molecule is CC(=O)[C@@]1(OC(=O)CCCOC(=O)[C@@H](N)Cc2ccc(N(CCCl)CCCl)cc2)CC[C@H]2[C@@H]3CCC4=CC(=O)CC[C@]4(C)[C@H]3CC[C@@]21C. The van der Waals surface area contributed by atoms with Crippen molar-refractivity contribution in [1.82, 2.24) is 0 Å². The van der Waals surface area contributed by atoms with Crippen molar-refractivity contribution in [1.29, 1.82) is 0 Å². The third-order valence-electron chi connectivity index (χ3n) is 12.5. The summed E-state index contributed by atoms with van der Waals surface area (Å²) < 4.78 is 11.6. The van der Waals surface area contributed by atoms with Crippen LogP contribution in [0.15, 0.2) is 35.9 Å².